The minimum Gasteiger partial charge on any atom is -0.370 e. The summed E-state index contributed by atoms with van der Waals surface area (Å²) in [7, 11) is 0. The van der Waals surface area contributed by atoms with Crippen LogP contribution in [0.3, 0.4) is 0 Å². The largest absolute Gasteiger partial charge is 0.370 e. The van der Waals surface area contributed by atoms with Crippen LogP contribution < -0.4 is 10.6 Å². The first kappa shape index (κ1) is 14.3. The second kappa shape index (κ2) is 5.97. The summed E-state index contributed by atoms with van der Waals surface area (Å²) in [5.74, 6) is 2.50. The lowest BCUT2D eigenvalue weighted by atomic mass is 10.3. The zero-order chi connectivity index (χ0) is 14.8. The number of halogens is 2. The molecule has 0 bridgehead atoms. The maximum Gasteiger partial charge on any atom is 0.139 e. The van der Waals surface area contributed by atoms with Gasteiger partial charge in [0.1, 0.15) is 23.3 Å². The van der Waals surface area contributed by atoms with Crippen molar-refractivity contribution in [2.75, 3.05) is 17.2 Å². The Balaban J connectivity index is 1.87. The highest BCUT2D eigenvalue weighted by Crippen LogP contribution is 2.39. The summed E-state index contributed by atoms with van der Waals surface area (Å²) in [6.07, 6.45) is 2.28. The zero-order valence-corrected chi connectivity index (χ0v) is 13.2. The Morgan fingerprint density at radius 2 is 2.00 bits per heavy atom. The predicted octanol–water partition coefficient (Wildman–Crippen LogP) is 4.43. The van der Waals surface area contributed by atoms with Gasteiger partial charge in [-0.05, 0) is 53.9 Å². The van der Waals surface area contributed by atoms with Crippen LogP contribution in [0.15, 0.2) is 28.7 Å². The number of hydrogen-bond acceptors (Lipinski definition) is 4. The minimum absolute atomic E-state index is 0.302. The van der Waals surface area contributed by atoms with Gasteiger partial charge in [-0.25, -0.2) is 14.4 Å². The summed E-state index contributed by atoms with van der Waals surface area (Å²) in [5, 5.41) is 6.35. The van der Waals surface area contributed by atoms with Gasteiger partial charge >= 0.3 is 0 Å². The van der Waals surface area contributed by atoms with E-state index in [2.05, 4.69) is 36.5 Å². The Labute approximate surface area is 131 Å². The van der Waals surface area contributed by atoms with Crippen LogP contribution in [0.1, 0.15) is 31.5 Å². The van der Waals surface area contributed by atoms with E-state index in [0.29, 0.717) is 21.9 Å². The molecule has 1 aliphatic carbocycles. The molecule has 2 N–H and O–H groups in total. The Kier molecular flexibility index (Phi) is 4.05. The molecule has 4 nitrogen and oxygen atoms in total. The molecule has 0 spiro atoms. The Bertz CT molecular complexity index is 658. The lowest BCUT2D eigenvalue weighted by Gasteiger charge is -2.10. The van der Waals surface area contributed by atoms with E-state index >= 15 is 0 Å². The van der Waals surface area contributed by atoms with Gasteiger partial charge in [0.05, 0.1) is 4.47 Å². The van der Waals surface area contributed by atoms with Crippen LogP contribution in [0.4, 0.5) is 21.7 Å². The fraction of sp³-hybridized carbons (Fsp3) is 0.333. The van der Waals surface area contributed by atoms with Crippen LogP contribution in [0, 0.1) is 5.82 Å². The van der Waals surface area contributed by atoms with Crippen LogP contribution >= 0.6 is 15.9 Å². The molecule has 0 unspecified atom stereocenters. The van der Waals surface area contributed by atoms with Crippen molar-refractivity contribution in [1.29, 1.82) is 0 Å². The number of hydrogen-bond donors (Lipinski definition) is 2. The van der Waals surface area contributed by atoms with Gasteiger partial charge in [0, 0.05) is 24.2 Å². The molecule has 0 radical (unpaired) electrons. The number of rotatable bonds is 5. The minimum atomic E-state index is -0.302. The topological polar surface area (TPSA) is 49.8 Å². The van der Waals surface area contributed by atoms with Crippen molar-refractivity contribution < 1.29 is 4.39 Å². The molecule has 1 aromatic heterocycles. The Hall–Kier alpha value is -1.69. The molecule has 1 aliphatic rings. The molecular weight excluding hydrogens is 335 g/mol. The van der Waals surface area contributed by atoms with Crippen molar-refractivity contribution in [2.24, 2.45) is 0 Å². The number of aromatic nitrogens is 2. The van der Waals surface area contributed by atoms with Crippen LogP contribution in [-0.4, -0.2) is 16.5 Å². The highest BCUT2D eigenvalue weighted by atomic mass is 79.9. The summed E-state index contributed by atoms with van der Waals surface area (Å²) in [5.41, 5.74) is 0.665. The molecule has 21 heavy (non-hydrogen) atoms. The van der Waals surface area contributed by atoms with Crippen molar-refractivity contribution in [1.82, 2.24) is 9.97 Å². The monoisotopic (exact) mass is 350 g/mol. The molecule has 0 aliphatic heterocycles. The maximum atomic E-state index is 13.6. The smallest absolute Gasteiger partial charge is 0.139 e. The zero-order valence-electron chi connectivity index (χ0n) is 11.7. The molecule has 0 amide bonds. The second-order valence-electron chi connectivity index (χ2n) is 5.06. The number of anilines is 3. The quantitative estimate of drug-likeness (QED) is 0.837. The average molecular weight is 351 g/mol. The van der Waals surface area contributed by atoms with E-state index in [-0.39, 0.29) is 5.82 Å². The fourth-order valence-corrected chi connectivity index (χ4v) is 2.29. The van der Waals surface area contributed by atoms with Crippen molar-refractivity contribution >= 4 is 33.3 Å². The van der Waals surface area contributed by atoms with Gasteiger partial charge in [-0.2, -0.15) is 0 Å². The molecule has 0 saturated heterocycles. The summed E-state index contributed by atoms with van der Waals surface area (Å²) >= 11 is 3.15. The maximum absolute atomic E-state index is 13.6. The van der Waals surface area contributed by atoms with Crippen LogP contribution in [0.2, 0.25) is 0 Å². The van der Waals surface area contributed by atoms with E-state index < -0.39 is 0 Å². The standard InChI is InChI=1S/C15H16BrFN4/c1-2-18-13-8-14(21-15(20-13)9-3-4-9)19-10-5-6-11(16)12(17)7-10/h5-9H,2-4H2,1H3,(H2,18,19,20,21). The number of nitrogens with zero attached hydrogens (tertiary/aromatic N) is 2. The van der Waals surface area contributed by atoms with Crippen molar-refractivity contribution in [2.45, 2.75) is 25.7 Å². The molecule has 1 fully saturated rings. The first-order valence-electron chi connectivity index (χ1n) is 7.00. The highest BCUT2D eigenvalue weighted by molar-refractivity contribution is 9.10. The average Bonchev–Trinajstić information content (AvgIpc) is 3.28. The molecule has 110 valence electrons. The van der Waals surface area contributed by atoms with E-state index in [1.807, 2.05) is 13.0 Å². The number of benzene rings is 1. The van der Waals surface area contributed by atoms with Crippen molar-refractivity contribution in [3.8, 4) is 0 Å². The van der Waals surface area contributed by atoms with Gasteiger partial charge in [0.15, 0.2) is 0 Å². The molecule has 1 heterocycles. The first-order valence-corrected chi connectivity index (χ1v) is 7.80. The normalized spacial score (nSPS) is 14.0. The van der Waals surface area contributed by atoms with Gasteiger partial charge in [-0.3, -0.25) is 0 Å². The van der Waals surface area contributed by atoms with Gasteiger partial charge in [0.25, 0.3) is 0 Å². The van der Waals surface area contributed by atoms with Gasteiger partial charge in [0.2, 0.25) is 0 Å². The van der Waals surface area contributed by atoms with E-state index in [1.54, 1.807) is 12.1 Å². The fourth-order valence-electron chi connectivity index (χ4n) is 2.05. The van der Waals surface area contributed by atoms with Crippen LogP contribution in [0.25, 0.3) is 0 Å². The van der Waals surface area contributed by atoms with Crippen LogP contribution in [0.5, 0.6) is 0 Å². The van der Waals surface area contributed by atoms with Crippen LogP contribution in [-0.2, 0) is 0 Å². The Morgan fingerprint density at radius 3 is 2.67 bits per heavy atom. The molecule has 3 rings (SSSR count). The van der Waals surface area contributed by atoms with E-state index in [1.165, 1.54) is 6.07 Å². The predicted molar refractivity (Wildman–Crippen MR) is 85.6 cm³/mol. The van der Waals surface area contributed by atoms with Gasteiger partial charge in [-0.15, -0.1) is 0 Å². The lowest BCUT2D eigenvalue weighted by Crippen LogP contribution is -2.05. The first-order chi connectivity index (χ1) is 10.2. The Morgan fingerprint density at radius 1 is 1.24 bits per heavy atom. The molecule has 6 heteroatoms. The SMILES string of the molecule is CCNc1cc(Nc2ccc(Br)c(F)c2)nc(C2CC2)n1. The van der Waals surface area contributed by atoms with Crippen molar-refractivity contribution in [3.63, 3.8) is 0 Å². The molecule has 1 saturated carbocycles. The van der Waals surface area contributed by atoms with E-state index in [0.717, 1.165) is 31.0 Å². The summed E-state index contributed by atoms with van der Waals surface area (Å²) in [6, 6.07) is 6.76. The molecule has 2 aromatic rings. The molecular formula is C15H16BrFN4. The van der Waals surface area contributed by atoms with Gasteiger partial charge < -0.3 is 10.6 Å². The summed E-state index contributed by atoms with van der Waals surface area (Å²) < 4.78 is 14.0. The van der Waals surface area contributed by atoms with E-state index in [4.69, 9.17) is 0 Å². The van der Waals surface area contributed by atoms with Crippen molar-refractivity contribution in [3.05, 3.63) is 40.4 Å². The highest BCUT2D eigenvalue weighted by Gasteiger charge is 2.27. The summed E-state index contributed by atoms with van der Waals surface area (Å²) in [6.45, 7) is 2.82. The van der Waals surface area contributed by atoms with Gasteiger partial charge in [-0.1, -0.05) is 0 Å². The third kappa shape index (κ3) is 3.50. The number of nitrogens with one attached hydrogen (secondary N) is 2. The summed E-state index contributed by atoms with van der Waals surface area (Å²) in [4.78, 5) is 9.04. The molecule has 0 atom stereocenters. The van der Waals surface area contributed by atoms with E-state index in [9.17, 15) is 4.39 Å². The second-order valence-corrected chi connectivity index (χ2v) is 5.91. The molecule has 1 aromatic carbocycles. The lowest BCUT2D eigenvalue weighted by molar-refractivity contribution is 0.622. The third-order valence-corrected chi connectivity index (χ3v) is 3.88. The third-order valence-electron chi connectivity index (χ3n) is 3.24.